The van der Waals surface area contributed by atoms with E-state index in [-0.39, 0.29) is 5.56 Å². The minimum atomic E-state index is -1.45. The third-order valence-corrected chi connectivity index (χ3v) is 1.56. The molecule has 0 amide bonds. The lowest BCUT2D eigenvalue weighted by Crippen LogP contribution is -2.05. The molecule has 1 aromatic carbocycles. The van der Waals surface area contributed by atoms with Crippen molar-refractivity contribution in [3.8, 4) is 0 Å². The van der Waals surface area contributed by atoms with Gasteiger partial charge in [0.15, 0.2) is 0 Å². The number of hydrogen-bond acceptors (Lipinski definition) is 1. The zero-order valence-corrected chi connectivity index (χ0v) is 10.3. The van der Waals surface area contributed by atoms with Gasteiger partial charge in [0.1, 0.15) is 17.2 Å². The maximum atomic E-state index is 12.7. The van der Waals surface area contributed by atoms with E-state index in [1.165, 1.54) is 6.92 Å². The van der Waals surface area contributed by atoms with Crippen molar-refractivity contribution in [2.24, 2.45) is 0 Å². The molecule has 16 heavy (non-hydrogen) atoms. The predicted molar refractivity (Wildman–Crippen MR) is 60.8 cm³/mol. The molecule has 0 bridgehead atoms. The lowest BCUT2D eigenvalue weighted by Gasteiger charge is -2.02. The van der Waals surface area contributed by atoms with Crippen LogP contribution in [0.25, 0.3) is 0 Å². The summed E-state index contributed by atoms with van der Waals surface area (Å²) in [5.74, 6) is -3.08. The molecule has 0 heterocycles. The number of carboxylic acids is 1. The van der Waals surface area contributed by atoms with Crippen molar-refractivity contribution in [1.29, 1.82) is 0 Å². The zero-order valence-electron chi connectivity index (χ0n) is 10.3. The van der Waals surface area contributed by atoms with Gasteiger partial charge in [-0.1, -0.05) is 27.7 Å². The van der Waals surface area contributed by atoms with Gasteiger partial charge in [-0.05, 0) is 19.1 Å². The molecule has 0 saturated heterocycles. The average Bonchev–Trinajstić information content (AvgIpc) is 2.29. The molecule has 0 aliphatic carbocycles. The Morgan fingerprint density at radius 2 is 1.44 bits per heavy atom. The van der Waals surface area contributed by atoms with Gasteiger partial charge in [0.05, 0.1) is 0 Å². The monoisotopic (exact) mass is 232 g/mol. The number of aromatic carboxylic acids is 1. The van der Waals surface area contributed by atoms with Crippen LogP contribution < -0.4 is 0 Å². The molecule has 0 unspecified atom stereocenters. The number of rotatable bonds is 1. The van der Waals surface area contributed by atoms with Crippen LogP contribution in [0.2, 0.25) is 0 Å². The van der Waals surface area contributed by atoms with Gasteiger partial charge >= 0.3 is 5.97 Å². The van der Waals surface area contributed by atoms with Crippen LogP contribution >= 0.6 is 0 Å². The van der Waals surface area contributed by atoms with Crippen molar-refractivity contribution < 1.29 is 18.7 Å². The quantitative estimate of drug-likeness (QED) is 0.793. The molecule has 1 aromatic rings. The van der Waals surface area contributed by atoms with Crippen LogP contribution in [0.4, 0.5) is 8.78 Å². The normalized spacial score (nSPS) is 8.19. The smallest absolute Gasteiger partial charge is 0.339 e. The Bertz CT molecular complexity index is 336. The van der Waals surface area contributed by atoms with Gasteiger partial charge in [-0.15, -0.1) is 0 Å². The molecule has 4 heteroatoms. The van der Waals surface area contributed by atoms with Crippen LogP contribution in [0, 0.1) is 18.6 Å². The van der Waals surface area contributed by atoms with Crippen LogP contribution in [-0.4, -0.2) is 11.1 Å². The first kappa shape index (κ1) is 17.0. The third-order valence-electron chi connectivity index (χ3n) is 1.56. The van der Waals surface area contributed by atoms with Crippen molar-refractivity contribution in [2.45, 2.75) is 34.6 Å². The highest BCUT2D eigenvalue weighted by atomic mass is 19.1. The van der Waals surface area contributed by atoms with E-state index < -0.39 is 23.2 Å². The SMILES string of the molecule is CC.CC.Cc1c(F)ccc(F)c1C(=O)O. The Morgan fingerprint density at radius 3 is 1.75 bits per heavy atom. The Labute approximate surface area is 94.9 Å². The number of halogens is 2. The number of hydrogen-bond donors (Lipinski definition) is 1. The topological polar surface area (TPSA) is 37.3 Å². The van der Waals surface area contributed by atoms with Crippen molar-refractivity contribution in [3.63, 3.8) is 0 Å². The molecular weight excluding hydrogens is 214 g/mol. The maximum Gasteiger partial charge on any atom is 0.339 e. The van der Waals surface area contributed by atoms with Crippen molar-refractivity contribution in [2.75, 3.05) is 0 Å². The minimum absolute atomic E-state index is 0.178. The highest BCUT2D eigenvalue weighted by Gasteiger charge is 2.15. The van der Waals surface area contributed by atoms with Crippen LogP contribution in [-0.2, 0) is 0 Å². The lowest BCUT2D eigenvalue weighted by molar-refractivity contribution is 0.0690. The summed E-state index contributed by atoms with van der Waals surface area (Å²) in [7, 11) is 0. The van der Waals surface area contributed by atoms with Crippen LogP contribution in [0.5, 0.6) is 0 Å². The van der Waals surface area contributed by atoms with Gasteiger partial charge in [0, 0.05) is 5.56 Å². The summed E-state index contributed by atoms with van der Waals surface area (Å²) < 4.78 is 25.4. The largest absolute Gasteiger partial charge is 0.478 e. The van der Waals surface area contributed by atoms with Gasteiger partial charge in [-0.25, -0.2) is 13.6 Å². The van der Waals surface area contributed by atoms with E-state index in [0.29, 0.717) is 0 Å². The first-order chi connectivity index (χ1) is 7.54. The fraction of sp³-hybridized carbons (Fsp3) is 0.417. The summed E-state index contributed by atoms with van der Waals surface area (Å²) in [6.45, 7) is 9.22. The summed E-state index contributed by atoms with van der Waals surface area (Å²) in [6, 6.07) is 1.70. The Balaban J connectivity index is 0. The fourth-order valence-corrected chi connectivity index (χ4v) is 0.916. The minimum Gasteiger partial charge on any atom is -0.478 e. The van der Waals surface area contributed by atoms with E-state index in [1.54, 1.807) is 0 Å². The molecule has 0 aliphatic rings. The summed E-state index contributed by atoms with van der Waals surface area (Å²) in [4.78, 5) is 10.4. The zero-order chi connectivity index (χ0) is 13.3. The molecule has 0 aromatic heterocycles. The third kappa shape index (κ3) is 4.38. The Kier molecular flexibility index (Phi) is 9.36. The molecule has 1 N–H and O–H groups in total. The molecule has 0 saturated carbocycles. The van der Waals surface area contributed by atoms with E-state index >= 15 is 0 Å². The molecule has 0 atom stereocenters. The summed E-state index contributed by atoms with van der Waals surface area (Å²) in [6.07, 6.45) is 0. The number of carboxylic acid groups (broad SMARTS) is 1. The first-order valence-corrected chi connectivity index (χ1v) is 5.22. The van der Waals surface area contributed by atoms with Crippen molar-refractivity contribution in [3.05, 3.63) is 34.9 Å². The highest BCUT2D eigenvalue weighted by Crippen LogP contribution is 2.15. The first-order valence-electron chi connectivity index (χ1n) is 5.22. The van der Waals surface area contributed by atoms with E-state index in [2.05, 4.69) is 0 Å². The molecule has 0 fully saturated rings. The van der Waals surface area contributed by atoms with Gasteiger partial charge in [0.25, 0.3) is 0 Å². The summed E-state index contributed by atoms with van der Waals surface area (Å²) >= 11 is 0. The second-order valence-electron chi connectivity index (χ2n) is 2.33. The van der Waals surface area contributed by atoms with Gasteiger partial charge in [-0.3, -0.25) is 0 Å². The van der Waals surface area contributed by atoms with Crippen LogP contribution in [0.1, 0.15) is 43.6 Å². The fourth-order valence-electron chi connectivity index (χ4n) is 0.916. The van der Waals surface area contributed by atoms with E-state index in [1.807, 2.05) is 27.7 Å². The number of carbonyl (C=O) groups is 1. The maximum absolute atomic E-state index is 12.7. The van der Waals surface area contributed by atoms with E-state index in [9.17, 15) is 13.6 Å². The second kappa shape index (κ2) is 8.83. The van der Waals surface area contributed by atoms with Gasteiger partial charge in [0.2, 0.25) is 0 Å². The summed E-state index contributed by atoms with van der Waals surface area (Å²) in [5.41, 5.74) is -0.780. The molecule has 0 spiro atoms. The standard InChI is InChI=1S/C8H6F2O2.2C2H6/c1-4-5(9)2-3-6(10)7(4)8(11)12;2*1-2/h2-3H,1H3,(H,11,12);2*1-2H3. The predicted octanol–water partition coefficient (Wildman–Crippen LogP) is 4.02. The van der Waals surface area contributed by atoms with Crippen molar-refractivity contribution in [1.82, 2.24) is 0 Å². The molecule has 92 valence electrons. The molecule has 0 aliphatic heterocycles. The van der Waals surface area contributed by atoms with E-state index in [0.717, 1.165) is 12.1 Å². The lowest BCUT2D eigenvalue weighted by atomic mass is 10.1. The van der Waals surface area contributed by atoms with Gasteiger partial charge < -0.3 is 5.11 Å². The molecule has 1 rings (SSSR count). The molecule has 2 nitrogen and oxygen atoms in total. The average molecular weight is 232 g/mol. The molecular formula is C12H18F2O2. The van der Waals surface area contributed by atoms with Gasteiger partial charge in [-0.2, -0.15) is 0 Å². The van der Waals surface area contributed by atoms with Crippen LogP contribution in [0.15, 0.2) is 12.1 Å². The Hall–Kier alpha value is -1.45. The van der Waals surface area contributed by atoms with Crippen molar-refractivity contribution >= 4 is 5.97 Å². The Morgan fingerprint density at radius 1 is 1.06 bits per heavy atom. The van der Waals surface area contributed by atoms with E-state index in [4.69, 9.17) is 5.11 Å². The highest BCUT2D eigenvalue weighted by molar-refractivity contribution is 5.89. The van der Waals surface area contributed by atoms with Crippen LogP contribution in [0.3, 0.4) is 0 Å². The number of benzene rings is 1. The second-order valence-corrected chi connectivity index (χ2v) is 2.33. The summed E-state index contributed by atoms with van der Waals surface area (Å²) in [5, 5.41) is 8.46. The molecule has 0 radical (unpaired) electrons.